The zero-order chi connectivity index (χ0) is 11.4. The molecule has 0 aliphatic heterocycles. The Balaban J connectivity index is 3.12. The summed E-state index contributed by atoms with van der Waals surface area (Å²) in [6.45, 7) is 1.57. The standard InChI is InChI=1S/C11H11FO3/c1-7-8(4-6-10(13)14)3-5-9(15-2)11(7)12/h3-6H,1-2H3,(H,13,14)/b6-4+. The van der Waals surface area contributed by atoms with Crippen molar-refractivity contribution in [1.29, 1.82) is 0 Å². The lowest BCUT2D eigenvalue weighted by atomic mass is 10.1. The monoisotopic (exact) mass is 210 g/mol. The first-order valence-corrected chi connectivity index (χ1v) is 4.30. The molecule has 0 aromatic heterocycles. The van der Waals surface area contributed by atoms with Gasteiger partial charge in [0.2, 0.25) is 0 Å². The Labute approximate surface area is 86.8 Å². The van der Waals surface area contributed by atoms with E-state index >= 15 is 0 Å². The molecule has 0 spiro atoms. The molecular formula is C11H11FO3. The van der Waals surface area contributed by atoms with Gasteiger partial charge in [0.1, 0.15) is 0 Å². The Morgan fingerprint density at radius 1 is 1.53 bits per heavy atom. The fraction of sp³-hybridized carbons (Fsp3) is 0.182. The van der Waals surface area contributed by atoms with Crippen LogP contribution in [0.15, 0.2) is 18.2 Å². The van der Waals surface area contributed by atoms with Gasteiger partial charge in [0, 0.05) is 6.08 Å². The summed E-state index contributed by atoms with van der Waals surface area (Å²) in [5.74, 6) is -1.38. The second kappa shape index (κ2) is 4.59. The van der Waals surface area contributed by atoms with E-state index in [0.29, 0.717) is 11.1 Å². The van der Waals surface area contributed by atoms with E-state index in [1.165, 1.54) is 19.3 Å². The Morgan fingerprint density at radius 3 is 2.73 bits per heavy atom. The maximum Gasteiger partial charge on any atom is 0.328 e. The van der Waals surface area contributed by atoms with Crippen molar-refractivity contribution in [3.8, 4) is 5.75 Å². The number of carboxylic acid groups (broad SMARTS) is 1. The molecular weight excluding hydrogens is 199 g/mol. The number of hydrogen-bond acceptors (Lipinski definition) is 2. The molecule has 3 nitrogen and oxygen atoms in total. The summed E-state index contributed by atoms with van der Waals surface area (Å²) in [6, 6.07) is 3.07. The van der Waals surface area contributed by atoms with Gasteiger partial charge < -0.3 is 9.84 Å². The van der Waals surface area contributed by atoms with Crippen LogP contribution in [0.25, 0.3) is 6.08 Å². The Morgan fingerprint density at radius 2 is 2.20 bits per heavy atom. The van der Waals surface area contributed by atoms with Gasteiger partial charge >= 0.3 is 5.97 Å². The lowest BCUT2D eigenvalue weighted by Crippen LogP contribution is -1.94. The molecule has 0 saturated carbocycles. The molecule has 0 aliphatic rings. The highest BCUT2D eigenvalue weighted by atomic mass is 19.1. The van der Waals surface area contributed by atoms with Crippen LogP contribution in [0.3, 0.4) is 0 Å². The number of halogens is 1. The van der Waals surface area contributed by atoms with E-state index in [1.807, 2.05) is 0 Å². The molecule has 1 aromatic carbocycles. The molecule has 0 aliphatic carbocycles. The molecule has 1 rings (SSSR count). The fourth-order valence-corrected chi connectivity index (χ4v) is 1.17. The van der Waals surface area contributed by atoms with E-state index in [9.17, 15) is 9.18 Å². The van der Waals surface area contributed by atoms with Crippen LogP contribution in [-0.4, -0.2) is 18.2 Å². The lowest BCUT2D eigenvalue weighted by molar-refractivity contribution is -0.131. The normalized spacial score (nSPS) is 10.6. The van der Waals surface area contributed by atoms with E-state index in [1.54, 1.807) is 13.0 Å². The minimum absolute atomic E-state index is 0.153. The van der Waals surface area contributed by atoms with Crippen molar-refractivity contribution in [3.05, 3.63) is 35.2 Å². The second-order valence-corrected chi connectivity index (χ2v) is 2.97. The first-order chi connectivity index (χ1) is 7.06. The zero-order valence-electron chi connectivity index (χ0n) is 8.45. The molecule has 4 heteroatoms. The molecule has 0 atom stereocenters. The maximum atomic E-state index is 13.5. The van der Waals surface area contributed by atoms with Crippen LogP contribution in [0.4, 0.5) is 4.39 Å². The average molecular weight is 210 g/mol. The second-order valence-electron chi connectivity index (χ2n) is 2.97. The molecule has 80 valence electrons. The molecule has 15 heavy (non-hydrogen) atoms. The number of carboxylic acids is 1. The summed E-state index contributed by atoms with van der Waals surface area (Å²) in [5.41, 5.74) is 0.891. The summed E-state index contributed by atoms with van der Waals surface area (Å²) in [5, 5.41) is 8.43. The van der Waals surface area contributed by atoms with Crippen molar-refractivity contribution in [2.45, 2.75) is 6.92 Å². The van der Waals surface area contributed by atoms with Crippen molar-refractivity contribution in [2.75, 3.05) is 7.11 Å². The molecule has 0 heterocycles. The highest BCUT2D eigenvalue weighted by Gasteiger charge is 2.08. The Kier molecular flexibility index (Phi) is 3.44. The summed E-state index contributed by atoms with van der Waals surface area (Å²) in [4.78, 5) is 10.3. The van der Waals surface area contributed by atoms with E-state index in [4.69, 9.17) is 9.84 Å². The van der Waals surface area contributed by atoms with E-state index < -0.39 is 11.8 Å². The Hall–Kier alpha value is -1.84. The largest absolute Gasteiger partial charge is 0.494 e. The van der Waals surface area contributed by atoms with Crippen LogP contribution in [0.1, 0.15) is 11.1 Å². The number of carbonyl (C=O) groups is 1. The van der Waals surface area contributed by atoms with Gasteiger partial charge in [-0.25, -0.2) is 9.18 Å². The van der Waals surface area contributed by atoms with Gasteiger partial charge in [0.25, 0.3) is 0 Å². The third kappa shape index (κ3) is 2.56. The van der Waals surface area contributed by atoms with E-state index in [0.717, 1.165) is 6.08 Å². The summed E-state index contributed by atoms with van der Waals surface area (Å²) in [7, 11) is 1.38. The van der Waals surface area contributed by atoms with Crippen molar-refractivity contribution >= 4 is 12.0 Å². The highest BCUT2D eigenvalue weighted by molar-refractivity contribution is 5.85. The topological polar surface area (TPSA) is 46.5 Å². The minimum atomic E-state index is -1.06. The third-order valence-corrected chi connectivity index (χ3v) is 2.02. The SMILES string of the molecule is COc1ccc(/C=C/C(=O)O)c(C)c1F. The number of ether oxygens (including phenoxy) is 1. The summed E-state index contributed by atoms with van der Waals surface area (Å²) in [6.07, 6.45) is 2.31. The predicted octanol–water partition coefficient (Wildman–Crippen LogP) is 2.24. The van der Waals surface area contributed by atoms with Crippen LogP contribution in [0.5, 0.6) is 5.75 Å². The quantitative estimate of drug-likeness (QED) is 0.778. The third-order valence-electron chi connectivity index (χ3n) is 2.02. The van der Waals surface area contributed by atoms with Crippen LogP contribution < -0.4 is 4.74 Å². The van der Waals surface area contributed by atoms with Gasteiger partial charge in [0.15, 0.2) is 11.6 Å². The van der Waals surface area contributed by atoms with Gasteiger partial charge in [-0.2, -0.15) is 0 Å². The van der Waals surface area contributed by atoms with Crippen LogP contribution >= 0.6 is 0 Å². The number of methoxy groups -OCH3 is 1. The van der Waals surface area contributed by atoms with Gasteiger partial charge in [-0.05, 0) is 30.2 Å². The summed E-state index contributed by atoms with van der Waals surface area (Å²) < 4.78 is 18.3. The first-order valence-electron chi connectivity index (χ1n) is 4.30. The van der Waals surface area contributed by atoms with Gasteiger partial charge in [0.05, 0.1) is 7.11 Å². The Bertz CT molecular complexity index is 411. The molecule has 1 N–H and O–H groups in total. The molecule has 0 unspecified atom stereocenters. The van der Waals surface area contributed by atoms with Crippen molar-refractivity contribution in [1.82, 2.24) is 0 Å². The molecule has 1 aromatic rings. The minimum Gasteiger partial charge on any atom is -0.494 e. The number of benzene rings is 1. The first kappa shape index (κ1) is 11.2. The number of hydrogen-bond donors (Lipinski definition) is 1. The van der Waals surface area contributed by atoms with Gasteiger partial charge in [-0.3, -0.25) is 0 Å². The molecule has 0 amide bonds. The lowest BCUT2D eigenvalue weighted by Gasteiger charge is -2.06. The molecule has 0 saturated heterocycles. The smallest absolute Gasteiger partial charge is 0.328 e. The van der Waals surface area contributed by atoms with Crippen LogP contribution in [-0.2, 0) is 4.79 Å². The van der Waals surface area contributed by atoms with Crippen molar-refractivity contribution in [2.24, 2.45) is 0 Å². The van der Waals surface area contributed by atoms with Crippen molar-refractivity contribution < 1.29 is 19.0 Å². The maximum absolute atomic E-state index is 13.5. The molecule has 0 radical (unpaired) electrons. The van der Waals surface area contributed by atoms with Crippen LogP contribution in [0, 0.1) is 12.7 Å². The summed E-state index contributed by atoms with van der Waals surface area (Å²) >= 11 is 0. The predicted molar refractivity (Wildman–Crippen MR) is 54.4 cm³/mol. The van der Waals surface area contributed by atoms with Gasteiger partial charge in [-0.15, -0.1) is 0 Å². The van der Waals surface area contributed by atoms with E-state index in [-0.39, 0.29) is 5.75 Å². The van der Waals surface area contributed by atoms with Crippen LogP contribution in [0.2, 0.25) is 0 Å². The van der Waals surface area contributed by atoms with E-state index in [2.05, 4.69) is 0 Å². The zero-order valence-corrected chi connectivity index (χ0v) is 8.45. The number of aliphatic carboxylic acids is 1. The fourth-order valence-electron chi connectivity index (χ4n) is 1.17. The highest BCUT2D eigenvalue weighted by Crippen LogP contribution is 2.23. The average Bonchev–Trinajstić information content (AvgIpc) is 2.20. The number of rotatable bonds is 3. The molecule has 0 fully saturated rings. The van der Waals surface area contributed by atoms with Crippen molar-refractivity contribution in [3.63, 3.8) is 0 Å². The molecule has 0 bridgehead atoms. The van der Waals surface area contributed by atoms with Gasteiger partial charge in [-0.1, -0.05) is 6.07 Å².